The maximum Gasteiger partial charge on any atom is 0.343 e. The molecule has 0 bridgehead atoms. The van der Waals surface area contributed by atoms with Crippen molar-refractivity contribution in [2.24, 2.45) is 0 Å². The van der Waals surface area contributed by atoms with E-state index in [9.17, 15) is 9.90 Å². The lowest BCUT2D eigenvalue weighted by molar-refractivity contribution is -0.136. The fourth-order valence-corrected chi connectivity index (χ4v) is 1.51. The first-order valence-corrected chi connectivity index (χ1v) is 5.27. The topological polar surface area (TPSA) is 58.6 Å². The van der Waals surface area contributed by atoms with Crippen molar-refractivity contribution < 1.29 is 14.6 Å². The third-order valence-electron chi connectivity index (χ3n) is 2.37. The summed E-state index contributed by atoms with van der Waals surface area (Å²) in [6.07, 6.45) is 2.03. The molecule has 1 aromatic carbocycles. The Balaban J connectivity index is 2.15. The van der Waals surface area contributed by atoms with Crippen LogP contribution in [0.4, 0.5) is 5.69 Å². The van der Waals surface area contributed by atoms with E-state index in [1.54, 1.807) is 6.92 Å². The summed E-state index contributed by atoms with van der Waals surface area (Å²) >= 11 is 0. The minimum atomic E-state index is -0.924. The summed E-state index contributed by atoms with van der Waals surface area (Å²) in [5.74, 6) is -0.111. The predicted octanol–water partition coefficient (Wildman–Crippen LogP) is 1.80. The number of anilines is 1. The lowest BCUT2D eigenvalue weighted by Crippen LogP contribution is -2.24. The van der Waals surface area contributed by atoms with Crippen molar-refractivity contribution in [2.75, 3.05) is 5.32 Å². The van der Waals surface area contributed by atoms with Crippen molar-refractivity contribution in [1.82, 2.24) is 0 Å². The fourth-order valence-electron chi connectivity index (χ4n) is 1.51. The number of aliphatic hydroxyl groups excluding tert-OH is 1. The van der Waals surface area contributed by atoms with Gasteiger partial charge in [0, 0.05) is 11.9 Å². The molecular weight excluding hydrogens is 218 g/mol. The number of nitrogens with one attached hydrogen (secondary N) is 1. The number of carbonyl (C=O) groups is 1. The molecule has 0 fully saturated rings. The number of allylic oxidation sites excluding steroid dienone is 1. The zero-order valence-corrected chi connectivity index (χ0v) is 9.38. The van der Waals surface area contributed by atoms with Crippen LogP contribution >= 0.6 is 0 Å². The summed E-state index contributed by atoms with van der Waals surface area (Å²) in [5, 5.41) is 12.6. The summed E-state index contributed by atoms with van der Waals surface area (Å²) in [6, 6.07) is 9.37. The van der Waals surface area contributed by atoms with Crippen molar-refractivity contribution in [2.45, 2.75) is 13.0 Å². The van der Waals surface area contributed by atoms with Gasteiger partial charge in [-0.25, -0.2) is 4.79 Å². The maximum absolute atomic E-state index is 11.5. The summed E-state index contributed by atoms with van der Waals surface area (Å²) in [7, 11) is 0. The van der Waals surface area contributed by atoms with Crippen LogP contribution in [-0.2, 0) is 9.53 Å². The summed E-state index contributed by atoms with van der Waals surface area (Å²) in [6.45, 7) is 1.63. The Morgan fingerprint density at radius 2 is 2.06 bits per heavy atom. The van der Waals surface area contributed by atoms with Gasteiger partial charge in [-0.15, -0.1) is 0 Å². The third kappa shape index (κ3) is 2.73. The van der Waals surface area contributed by atoms with Crippen molar-refractivity contribution in [3.8, 4) is 0 Å². The van der Waals surface area contributed by atoms with Gasteiger partial charge in [-0.05, 0) is 25.1 Å². The Morgan fingerprint density at radius 3 is 2.71 bits per heavy atom. The predicted molar refractivity (Wildman–Crippen MR) is 64.0 cm³/mol. The first kappa shape index (κ1) is 11.4. The molecular formula is C13H13NO3. The van der Waals surface area contributed by atoms with Gasteiger partial charge in [0.25, 0.3) is 0 Å². The van der Waals surface area contributed by atoms with Crippen LogP contribution < -0.4 is 5.32 Å². The van der Waals surface area contributed by atoms with E-state index in [4.69, 9.17) is 4.74 Å². The van der Waals surface area contributed by atoms with Crippen molar-refractivity contribution in [3.05, 3.63) is 53.9 Å². The maximum atomic E-state index is 11.5. The summed E-state index contributed by atoms with van der Waals surface area (Å²) in [5.41, 5.74) is 1.03. The number of para-hydroxylation sites is 1. The highest BCUT2D eigenvalue weighted by molar-refractivity contribution is 5.92. The van der Waals surface area contributed by atoms with Crippen LogP contribution in [0.5, 0.6) is 0 Å². The lowest BCUT2D eigenvalue weighted by atomic mass is 10.1. The van der Waals surface area contributed by atoms with E-state index in [1.165, 1.54) is 12.3 Å². The van der Waals surface area contributed by atoms with E-state index in [0.717, 1.165) is 5.69 Å². The molecule has 17 heavy (non-hydrogen) atoms. The van der Waals surface area contributed by atoms with Crippen molar-refractivity contribution >= 4 is 11.7 Å². The van der Waals surface area contributed by atoms with Gasteiger partial charge in [0.2, 0.25) is 0 Å². The van der Waals surface area contributed by atoms with E-state index in [2.05, 4.69) is 5.32 Å². The number of benzene rings is 1. The molecule has 1 aromatic rings. The van der Waals surface area contributed by atoms with Crippen LogP contribution in [0, 0.1) is 0 Å². The van der Waals surface area contributed by atoms with Crippen LogP contribution in [0.3, 0.4) is 0 Å². The number of hydrogen-bond acceptors (Lipinski definition) is 4. The van der Waals surface area contributed by atoms with Crippen molar-refractivity contribution in [1.29, 1.82) is 0 Å². The average Bonchev–Trinajstić information content (AvgIpc) is 2.29. The zero-order chi connectivity index (χ0) is 12.3. The second kappa shape index (κ2) is 4.84. The number of carbonyl (C=O) groups excluding carboxylic acids is 1. The number of rotatable bonds is 2. The second-order valence-corrected chi connectivity index (χ2v) is 3.72. The van der Waals surface area contributed by atoms with Gasteiger partial charge in [-0.3, -0.25) is 0 Å². The monoisotopic (exact) mass is 231 g/mol. The Morgan fingerprint density at radius 1 is 1.35 bits per heavy atom. The minimum absolute atomic E-state index is 0.194. The molecule has 2 rings (SSSR count). The third-order valence-corrected chi connectivity index (χ3v) is 2.37. The van der Waals surface area contributed by atoms with Crippen molar-refractivity contribution in [3.63, 3.8) is 0 Å². The molecule has 88 valence electrons. The SMILES string of the molecule is CC1=CC(O)/C(=C/Nc2ccccc2)C(=O)O1. The van der Waals surface area contributed by atoms with Crippen LogP contribution in [0.25, 0.3) is 0 Å². The molecule has 2 N–H and O–H groups in total. The zero-order valence-electron chi connectivity index (χ0n) is 9.38. The summed E-state index contributed by atoms with van der Waals surface area (Å²) in [4.78, 5) is 11.5. The van der Waals surface area contributed by atoms with Gasteiger partial charge in [-0.2, -0.15) is 0 Å². The van der Waals surface area contributed by atoms with Gasteiger partial charge in [0.1, 0.15) is 11.9 Å². The Hall–Kier alpha value is -2.07. The molecule has 0 aromatic heterocycles. The van der Waals surface area contributed by atoms with E-state index in [0.29, 0.717) is 5.76 Å². The molecule has 1 heterocycles. The smallest absolute Gasteiger partial charge is 0.343 e. The molecule has 0 aliphatic carbocycles. The minimum Gasteiger partial charge on any atom is -0.428 e. The first-order valence-electron chi connectivity index (χ1n) is 5.27. The molecule has 0 amide bonds. The van der Waals surface area contributed by atoms with Gasteiger partial charge >= 0.3 is 5.97 Å². The largest absolute Gasteiger partial charge is 0.428 e. The molecule has 0 saturated carbocycles. The fraction of sp³-hybridized carbons (Fsp3) is 0.154. The van der Waals surface area contributed by atoms with E-state index >= 15 is 0 Å². The number of hydrogen-bond donors (Lipinski definition) is 2. The van der Waals surface area contributed by atoms with Gasteiger partial charge in [0.05, 0.1) is 5.57 Å². The highest BCUT2D eigenvalue weighted by atomic mass is 16.5. The first-order chi connectivity index (χ1) is 8.16. The van der Waals surface area contributed by atoms with Crippen LogP contribution in [0.2, 0.25) is 0 Å². The lowest BCUT2D eigenvalue weighted by Gasteiger charge is -2.17. The Labute approximate surface area is 99.2 Å². The van der Waals surface area contributed by atoms with E-state index in [-0.39, 0.29) is 5.57 Å². The second-order valence-electron chi connectivity index (χ2n) is 3.72. The Bertz CT molecular complexity index is 477. The van der Waals surface area contributed by atoms with Gasteiger partial charge in [-0.1, -0.05) is 18.2 Å². The quantitative estimate of drug-likeness (QED) is 0.602. The average molecular weight is 231 g/mol. The standard InChI is InChI=1S/C13H13NO3/c1-9-7-12(15)11(13(16)17-9)8-14-10-5-3-2-4-6-10/h2-8,12,14-15H,1H3/b11-8-. The highest BCUT2D eigenvalue weighted by Gasteiger charge is 2.24. The van der Waals surface area contributed by atoms with Crippen LogP contribution in [0.1, 0.15) is 6.92 Å². The molecule has 0 saturated heterocycles. The highest BCUT2D eigenvalue weighted by Crippen LogP contribution is 2.17. The number of esters is 1. The molecule has 1 aliphatic heterocycles. The van der Waals surface area contributed by atoms with E-state index < -0.39 is 12.1 Å². The summed E-state index contributed by atoms with van der Waals surface area (Å²) < 4.78 is 4.91. The normalized spacial score (nSPS) is 22.0. The van der Waals surface area contributed by atoms with E-state index in [1.807, 2.05) is 30.3 Å². The number of ether oxygens (including phenoxy) is 1. The molecule has 0 spiro atoms. The molecule has 0 radical (unpaired) electrons. The van der Waals surface area contributed by atoms with Gasteiger partial charge in [0.15, 0.2) is 0 Å². The number of aliphatic hydroxyl groups is 1. The number of cyclic esters (lactones) is 1. The molecule has 1 atom stereocenters. The Kier molecular flexibility index (Phi) is 3.25. The molecule has 1 aliphatic rings. The molecule has 4 nitrogen and oxygen atoms in total. The van der Waals surface area contributed by atoms with Crippen LogP contribution in [0.15, 0.2) is 53.9 Å². The van der Waals surface area contributed by atoms with Gasteiger partial charge < -0.3 is 15.2 Å². The molecule has 1 unspecified atom stereocenters. The van der Waals surface area contributed by atoms with Crippen LogP contribution in [-0.4, -0.2) is 17.2 Å². The molecule has 4 heteroatoms.